The first-order valence-electron chi connectivity index (χ1n) is 4.61. The summed E-state index contributed by atoms with van der Waals surface area (Å²) in [6, 6.07) is 1.90. The predicted octanol–water partition coefficient (Wildman–Crippen LogP) is 1.05. The van der Waals surface area contributed by atoms with E-state index in [2.05, 4.69) is 14.9 Å². The Morgan fingerprint density at radius 1 is 1.43 bits per heavy atom. The van der Waals surface area contributed by atoms with Crippen LogP contribution in [0, 0.1) is 0 Å². The summed E-state index contributed by atoms with van der Waals surface area (Å²) in [5.74, 6) is 1.98. The number of aromatic nitrogens is 2. The lowest BCUT2D eigenvalue weighted by molar-refractivity contribution is 0.122. The van der Waals surface area contributed by atoms with E-state index in [0.29, 0.717) is 11.7 Å². The van der Waals surface area contributed by atoms with Gasteiger partial charge in [0.15, 0.2) is 0 Å². The van der Waals surface area contributed by atoms with Gasteiger partial charge >= 0.3 is 0 Å². The molecule has 0 spiro atoms. The zero-order chi connectivity index (χ0) is 9.80. The standard InChI is InChI=1S/C9H12ClN3O/c10-7-8-11-2-1-9(12-8)13-3-5-14-6-4-13/h1-2H,3-7H2. The van der Waals surface area contributed by atoms with Crippen LogP contribution in [0.5, 0.6) is 0 Å². The molecular weight excluding hydrogens is 202 g/mol. The van der Waals surface area contributed by atoms with E-state index in [1.807, 2.05) is 6.07 Å². The van der Waals surface area contributed by atoms with Gasteiger partial charge in [-0.15, -0.1) is 11.6 Å². The molecule has 1 aromatic rings. The number of nitrogens with zero attached hydrogens (tertiary/aromatic N) is 3. The Balaban J connectivity index is 2.13. The predicted molar refractivity (Wildman–Crippen MR) is 54.6 cm³/mol. The summed E-state index contributed by atoms with van der Waals surface area (Å²) in [5, 5.41) is 0. The van der Waals surface area contributed by atoms with Crippen LogP contribution >= 0.6 is 11.6 Å². The second-order valence-corrected chi connectivity index (χ2v) is 3.33. The van der Waals surface area contributed by atoms with Crippen molar-refractivity contribution < 1.29 is 4.74 Å². The van der Waals surface area contributed by atoms with Crippen molar-refractivity contribution in [2.75, 3.05) is 31.2 Å². The lowest BCUT2D eigenvalue weighted by atomic mass is 10.4. The second-order valence-electron chi connectivity index (χ2n) is 3.06. The Hall–Kier alpha value is -0.870. The van der Waals surface area contributed by atoms with Crippen LogP contribution in [-0.2, 0) is 10.6 Å². The van der Waals surface area contributed by atoms with Crippen LogP contribution in [0.15, 0.2) is 12.3 Å². The second kappa shape index (κ2) is 4.57. The Morgan fingerprint density at radius 2 is 2.21 bits per heavy atom. The Labute approximate surface area is 87.9 Å². The highest BCUT2D eigenvalue weighted by atomic mass is 35.5. The Bertz CT molecular complexity index is 302. The summed E-state index contributed by atoms with van der Waals surface area (Å²) in [6.45, 7) is 3.30. The number of anilines is 1. The lowest BCUT2D eigenvalue weighted by Gasteiger charge is -2.27. The van der Waals surface area contributed by atoms with E-state index in [1.54, 1.807) is 6.20 Å². The molecule has 0 aromatic carbocycles. The third-order valence-electron chi connectivity index (χ3n) is 2.15. The van der Waals surface area contributed by atoms with Gasteiger partial charge in [0.2, 0.25) is 0 Å². The van der Waals surface area contributed by atoms with Gasteiger partial charge < -0.3 is 9.64 Å². The molecular formula is C9H12ClN3O. The molecule has 76 valence electrons. The van der Waals surface area contributed by atoms with Crippen LogP contribution in [0.25, 0.3) is 0 Å². The van der Waals surface area contributed by atoms with Crippen LogP contribution in [0.3, 0.4) is 0 Å². The van der Waals surface area contributed by atoms with Crippen LogP contribution < -0.4 is 4.90 Å². The first-order chi connectivity index (χ1) is 6.90. The van der Waals surface area contributed by atoms with E-state index < -0.39 is 0 Å². The van der Waals surface area contributed by atoms with Crippen LogP contribution in [-0.4, -0.2) is 36.3 Å². The summed E-state index contributed by atoms with van der Waals surface area (Å²) in [5.41, 5.74) is 0. The van der Waals surface area contributed by atoms with E-state index >= 15 is 0 Å². The van der Waals surface area contributed by atoms with Crippen molar-refractivity contribution >= 4 is 17.4 Å². The van der Waals surface area contributed by atoms with Crippen molar-refractivity contribution in [3.63, 3.8) is 0 Å². The van der Waals surface area contributed by atoms with Crippen molar-refractivity contribution in [2.45, 2.75) is 5.88 Å². The fraction of sp³-hybridized carbons (Fsp3) is 0.556. The molecule has 5 heteroatoms. The zero-order valence-corrected chi connectivity index (χ0v) is 8.57. The molecule has 0 atom stereocenters. The summed E-state index contributed by atoms with van der Waals surface area (Å²) >= 11 is 5.67. The molecule has 1 fully saturated rings. The van der Waals surface area contributed by atoms with Crippen molar-refractivity contribution in [1.29, 1.82) is 0 Å². The van der Waals surface area contributed by atoms with Crippen LogP contribution in [0.2, 0.25) is 0 Å². The fourth-order valence-corrected chi connectivity index (χ4v) is 1.55. The van der Waals surface area contributed by atoms with E-state index in [4.69, 9.17) is 16.3 Å². The largest absolute Gasteiger partial charge is 0.378 e. The van der Waals surface area contributed by atoms with Gasteiger partial charge in [0.05, 0.1) is 19.1 Å². The van der Waals surface area contributed by atoms with E-state index in [-0.39, 0.29) is 0 Å². The quantitative estimate of drug-likeness (QED) is 0.689. The maximum absolute atomic E-state index is 5.67. The third kappa shape index (κ3) is 2.13. The van der Waals surface area contributed by atoms with Gasteiger partial charge in [0.25, 0.3) is 0 Å². The monoisotopic (exact) mass is 213 g/mol. The molecule has 2 heterocycles. The number of halogens is 1. The smallest absolute Gasteiger partial charge is 0.145 e. The van der Waals surface area contributed by atoms with Gasteiger partial charge in [-0.25, -0.2) is 9.97 Å². The molecule has 1 saturated heterocycles. The number of hydrogen-bond acceptors (Lipinski definition) is 4. The molecule has 2 rings (SSSR count). The van der Waals surface area contributed by atoms with Gasteiger partial charge in [-0.05, 0) is 6.07 Å². The molecule has 1 aliphatic heterocycles. The average Bonchev–Trinajstić information content (AvgIpc) is 2.30. The van der Waals surface area contributed by atoms with E-state index in [9.17, 15) is 0 Å². The number of hydrogen-bond donors (Lipinski definition) is 0. The number of ether oxygens (including phenoxy) is 1. The molecule has 0 unspecified atom stereocenters. The van der Waals surface area contributed by atoms with Crippen molar-refractivity contribution in [1.82, 2.24) is 9.97 Å². The number of alkyl halides is 1. The minimum absolute atomic E-state index is 0.359. The molecule has 1 aliphatic rings. The fourth-order valence-electron chi connectivity index (χ4n) is 1.42. The molecule has 0 radical (unpaired) electrons. The van der Waals surface area contributed by atoms with Gasteiger partial charge in [0, 0.05) is 19.3 Å². The van der Waals surface area contributed by atoms with Crippen LogP contribution in [0.1, 0.15) is 5.82 Å². The van der Waals surface area contributed by atoms with Crippen molar-refractivity contribution in [3.8, 4) is 0 Å². The summed E-state index contributed by atoms with van der Waals surface area (Å²) in [7, 11) is 0. The van der Waals surface area contributed by atoms with Crippen molar-refractivity contribution in [2.24, 2.45) is 0 Å². The minimum Gasteiger partial charge on any atom is -0.378 e. The normalized spacial score (nSPS) is 17.1. The highest BCUT2D eigenvalue weighted by Gasteiger charge is 2.12. The lowest BCUT2D eigenvalue weighted by Crippen LogP contribution is -2.36. The molecule has 14 heavy (non-hydrogen) atoms. The highest BCUT2D eigenvalue weighted by Crippen LogP contribution is 2.12. The molecule has 0 aliphatic carbocycles. The summed E-state index contributed by atoms with van der Waals surface area (Å²) in [4.78, 5) is 10.6. The van der Waals surface area contributed by atoms with Gasteiger partial charge in [-0.1, -0.05) is 0 Å². The average molecular weight is 214 g/mol. The van der Waals surface area contributed by atoms with Gasteiger partial charge in [-0.2, -0.15) is 0 Å². The summed E-state index contributed by atoms with van der Waals surface area (Å²) < 4.78 is 5.27. The zero-order valence-electron chi connectivity index (χ0n) is 7.82. The first kappa shape index (κ1) is 9.68. The molecule has 1 aromatic heterocycles. The third-order valence-corrected chi connectivity index (χ3v) is 2.38. The van der Waals surface area contributed by atoms with E-state index in [1.165, 1.54) is 0 Å². The topological polar surface area (TPSA) is 38.2 Å². The molecule has 4 nitrogen and oxygen atoms in total. The van der Waals surface area contributed by atoms with Crippen LogP contribution in [0.4, 0.5) is 5.82 Å². The SMILES string of the molecule is ClCc1nccc(N2CCOCC2)n1. The number of rotatable bonds is 2. The summed E-state index contributed by atoms with van der Waals surface area (Å²) in [6.07, 6.45) is 1.75. The molecule has 0 N–H and O–H groups in total. The van der Waals surface area contributed by atoms with E-state index in [0.717, 1.165) is 32.1 Å². The maximum Gasteiger partial charge on any atom is 0.145 e. The molecule has 0 amide bonds. The Morgan fingerprint density at radius 3 is 2.93 bits per heavy atom. The van der Waals surface area contributed by atoms with Gasteiger partial charge in [0.1, 0.15) is 11.6 Å². The van der Waals surface area contributed by atoms with Gasteiger partial charge in [-0.3, -0.25) is 0 Å². The first-order valence-corrected chi connectivity index (χ1v) is 5.14. The Kier molecular flexibility index (Phi) is 3.16. The minimum atomic E-state index is 0.359. The number of morpholine rings is 1. The maximum atomic E-state index is 5.67. The molecule has 0 saturated carbocycles. The highest BCUT2D eigenvalue weighted by molar-refractivity contribution is 6.16. The van der Waals surface area contributed by atoms with Crippen molar-refractivity contribution in [3.05, 3.63) is 18.1 Å². The molecule has 0 bridgehead atoms.